The fourth-order valence-corrected chi connectivity index (χ4v) is 6.65. The van der Waals surface area contributed by atoms with Crippen molar-refractivity contribution in [2.24, 2.45) is 0 Å². The molecule has 1 saturated heterocycles. The second kappa shape index (κ2) is 9.54. The van der Waals surface area contributed by atoms with E-state index in [0.717, 1.165) is 0 Å². The van der Waals surface area contributed by atoms with Crippen molar-refractivity contribution in [3.05, 3.63) is 68.8 Å². The number of nitro groups is 1. The molecular formula is C23H20BrN5O8S. The van der Waals surface area contributed by atoms with Gasteiger partial charge in [0.15, 0.2) is 10.4 Å². The van der Waals surface area contributed by atoms with E-state index in [1.807, 2.05) is 0 Å². The fraction of sp³-hybridized carbons (Fsp3) is 0.348. The number of nitrogens with zero attached hydrogens (tertiary/aromatic N) is 5. The number of aromatic nitrogens is 2. The van der Waals surface area contributed by atoms with E-state index in [4.69, 9.17) is 9.47 Å². The van der Waals surface area contributed by atoms with E-state index in [9.17, 15) is 29.3 Å². The zero-order chi connectivity index (χ0) is 27.4. The van der Waals surface area contributed by atoms with Gasteiger partial charge >= 0.3 is 11.9 Å². The van der Waals surface area contributed by atoms with Crippen molar-refractivity contribution < 1.29 is 33.6 Å². The van der Waals surface area contributed by atoms with Gasteiger partial charge in [-0.05, 0) is 17.7 Å². The number of fused-ring (bicyclic) bond motifs is 2. The van der Waals surface area contributed by atoms with Gasteiger partial charge in [0.25, 0.3) is 11.6 Å². The second-order valence-electron chi connectivity index (χ2n) is 8.88. The Morgan fingerprint density at radius 2 is 2.00 bits per heavy atom. The first-order chi connectivity index (χ1) is 18.0. The molecule has 1 aromatic carbocycles. The van der Waals surface area contributed by atoms with Crippen LogP contribution in [0.1, 0.15) is 30.1 Å². The third-order valence-corrected chi connectivity index (χ3v) is 9.05. The van der Waals surface area contributed by atoms with E-state index in [1.165, 1.54) is 58.2 Å². The van der Waals surface area contributed by atoms with Gasteiger partial charge in [0.2, 0.25) is 5.91 Å². The summed E-state index contributed by atoms with van der Waals surface area (Å²) < 4.78 is 11.1. The van der Waals surface area contributed by atoms with Crippen molar-refractivity contribution in [3.63, 3.8) is 0 Å². The molecule has 1 fully saturated rings. The Bertz CT molecular complexity index is 1410. The Labute approximate surface area is 228 Å². The molecular weight excluding hydrogens is 586 g/mol. The van der Waals surface area contributed by atoms with Crippen molar-refractivity contribution in [1.29, 1.82) is 0 Å². The molecule has 1 aromatic heterocycles. The average molecular weight is 606 g/mol. The summed E-state index contributed by atoms with van der Waals surface area (Å²) in [6.45, 7) is 1.42. The number of alkyl halides is 1. The van der Waals surface area contributed by atoms with Crippen molar-refractivity contribution in [3.8, 4) is 0 Å². The Morgan fingerprint density at radius 3 is 2.66 bits per heavy atom. The molecule has 4 heterocycles. The van der Waals surface area contributed by atoms with E-state index in [-0.39, 0.29) is 37.0 Å². The highest BCUT2D eigenvalue weighted by atomic mass is 79.9. The summed E-state index contributed by atoms with van der Waals surface area (Å²) in [4.78, 5) is 68.0. The summed E-state index contributed by atoms with van der Waals surface area (Å²) in [6.07, 6.45) is 0.475. The number of likely N-dealkylation sites (N-methyl/N-ethyl adjacent to an activating group) is 1. The Morgan fingerprint density at radius 1 is 1.29 bits per heavy atom. The number of non-ortho nitro benzene ring substituents is 1. The number of rotatable bonds is 7. The number of halogens is 1. The van der Waals surface area contributed by atoms with Crippen LogP contribution in [0.3, 0.4) is 0 Å². The van der Waals surface area contributed by atoms with Crippen LogP contribution in [0.15, 0.2) is 41.6 Å². The maximum absolute atomic E-state index is 13.5. The van der Waals surface area contributed by atoms with Gasteiger partial charge in [0.05, 0.1) is 11.5 Å². The van der Waals surface area contributed by atoms with Gasteiger partial charge < -0.3 is 18.9 Å². The lowest BCUT2D eigenvalue weighted by atomic mass is 9.89. The van der Waals surface area contributed by atoms with Gasteiger partial charge in [-0.25, -0.2) is 9.78 Å². The molecule has 0 spiro atoms. The number of carbonyl (C=O) groups is 4. The number of hydrogen-bond donors (Lipinski definition) is 0. The fourth-order valence-electron chi connectivity index (χ4n) is 4.38. The molecule has 0 bridgehead atoms. The van der Waals surface area contributed by atoms with Gasteiger partial charge in [0.1, 0.15) is 35.7 Å². The van der Waals surface area contributed by atoms with Gasteiger partial charge in [-0.2, -0.15) is 0 Å². The molecule has 3 aliphatic rings. The molecule has 38 heavy (non-hydrogen) atoms. The summed E-state index contributed by atoms with van der Waals surface area (Å²) in [5.41, 5.74) is 0.786. The largest absolute Gasteiger partial charge is 0.456 e. The zero-order valence-electron chi connectivity index (χ0n) is 20.0. The number of imidazole rings is 1. The first kappa shape index (κ1) is 25.9. The molecule has 5 rings (SSSR count). The molecule has 0 N–H and O–H groups in total. The maximum atomic E-state index is 13.5. The topological polar surface area (TPSA) is 154 Å². The van der Waals surface area contributed by atoms with Crippen LogP contribution in [-0.2, 0) is 48.3 Å². The van der Waals surface area contributed by atoms with Gasteiger partial charge in [0, 0.05) is 37.7 Å². The molecule has 1 unspecified atom stereocenters. The Hall–Kier alpha value is -3.72. The molecule has 2 amide bonds. The van der Waals surface area contributed by atoms with Crippen LogP contribution in [0.25, 0.3) is 0 Å². The van der Waals surface area contributed by atoms with Gasteiger partial charge in [-0.1, -0.05) is 15.9 Å². The summed E-state index contributed by atoms with van der Waals surface area (Å²) in [6, 6.07) is 5.56. The number of β-lactam (4-membered cyclic amide) rings is 1. The minimum atomic E-state index is -1.42. The third kappa shape index (κ3) is 4.24. The minimum Gasteiger partial charge on any atom is -0.456 e. The Kier molecular flexibility index (Phi) is 6.51. The maximum Gasteiger partial charge on any atom is 0.355 e. The first-order valence-electron chi connectivity index (χ1n) is 11.3. The predicted octanol–water partition coefficient (Wildman–Crippen LogP) is 2.00. The van der Waals surface area contributed by atoms with Crippen LogP contribution in [0.2, 0.25) is 0 Å². The Balaban J connectivity index is 1.32. The molecule has 0 aliphatic carbocycles. The number of esters is 2. The van der Waals surface area contributed by atoms with Crippen LogP contribution < -0.4 is 0 Å². The summed E-state index contributed by atoms with van der Waals surface area (Å²) in [5.74, 6) is -1.40. The molecule has 198 valence electrons. The van der Waals surface area contributed by atoms with Crippen LogP contribution in [-0.4, -0.2) is 64.8 Å². The molecule has 3 atom stereocenters. The number of thioether (sulfide) groups is 1. The quantitative estimate of drug-likeness (QED) is 0.150. The van der Waals surface area contributed by atoms with E-state index in [0.29, 0.717) is 17.1 Å². The lowest BCUT2D eigenvalue weighted by molar-refractivity contribution is -0.384. The SMILES string of the molecule is CC(=O)OC(c1cn2c(n1)CN(C)C(=O)C2)[C@]1(Br)C(=O)N2C(C(=O)OCc3ccc([N+](=O)[O-])cc3)=CS[C@H]21. The summed E-state index contributed by atoms with van der Waals surface area (Å²) in [7, 11) is 1.66. The highest BCUT2D eigenvalue weighted by Gasteiger charge is 2.69. The normalized spacial score (nSPS) is 22.7. The number of benzene rings is 1. The van der Waals surface area contributed by atoms with Gasteiger partial charge in [-0.15, -0.1) is 11.8 Å². The summed E-state index contributed by atoms with van der Waals surface area (Å²) >= 11 is 4.69. The smallest absolute Gasteiger partial charge is 0.355 e. The lowest BCUT2D eigenvalue weighted by Crippen LogP contribution is -2.70. The number of carbonyl (C=O) groups excluding carboxylic acids is 4. The molecule has 15 heteroatoms. The van der Waals surface area contributed by atoms with Crippen molar-refractivity contribution >= 4 is 57.1 Å². The summed E-state index contributed by atoms with van der Waals surface area (Å²) in [5, 5.41) is 11.7. The average Bonchev–Trinajstić information content (AvgIpc) is 3.48. The number of ether oxygens (including phenoxy) is 2. The lowest BCUT2D eigenvalue weighted by Gasteiger charge is -2.51. The van der Waals surface area contributed by atoms with E-state index < -0.39 is 38.6 Å². The molecule has 2 aromatic rings. The van der Waals surface area contributed by atoms with E-state index in [1.54, 1.807) is 17.8 Å². The highest BCUT2D eigenvalue weighted by molar-refractivity contribution is 9.10. The monoisotopic (exact) mass is 605 g/mol. The molecule has 13 nitrogen and oxygen atoms in total. The van der Waals surface area contributed by atoms with Crippen LogP contribution in [0.5, 0.6) is 0 Å². The van der Waals surface area contributed by atoms with Crippen LogP contribution in [0.4, 0.5) is 5.69 Å². The number of amides is 2. The van der Waals surface area contributed by atoms with Crippen molar-refractivity contribution in [1.82, 2.24) is 19.4 Å². The number of nitro benzene ring substituents is 1. The van der Waals surface area contributed by atoms with E-state index in [2.05, 4.69) is 20.9 Å². The highest BCUT2D eigenvalue weighted by Crippen LogP contribution is 2.58. The first-order valence-corrected chi connectivity index (χ1v) is 13.0. The molecule has 0 radical (unpaired) electrons. The standard InChI is InChI=1S/C23H20BrN5O8S/c1-12(30)37-19(15-7-27-9-18(31)26(2)8-17(27)25-15)23(24)21(33)28-16(11-38-22(23)28)20(32)36-10-13-3-5-14(6-4-13)29(34)35/h3-7,11,19,22H,8-10H2,1-2H3/t19?,22-,23-/m0/s1. The third-order valence-electron chi connectivity index (χ3n) is 6.36. The van der Waals surface area contributed by atoms with Crippen molar-refractivity contribution in [2.75, 3.05) is 7.05 Å². The van der Waals surface area contributed by atoms with Crippen LogP contribution >= 0.6 is 27.7 Å². The zero-order valence-corrected chi connectivity index (χ0v) is 22.4. The minimum absolute atomic E-state index is 0.0277. The van der Waals surface area contributed by atoms with Gasteiger partial charge in [-0.3, -0.25) is 29.4 Å². The van der Waals surface area contributed by atoms with E-state index >= 15 is 0 Å². The second-order valence-corrected chi connectivity index (χ2v) is 11.2. The predicted molar refractivity (Wildman–Crippen MR) is 134 cm³/mol. The molecule has 0 saturated carbocycles. The van der Waals surface area contributed by atoms with Crippen LogP contribution in [0, 0.1) is 10.1 Å². The van der Waals surface area contributed by atoms with Crippen molar-refractivity contribution in [2.45, 2.75) is 42.4 Å². The number of hydrogen-bond acceptors (Lipinski definition) is 10. The molecule has 3 aliphatic heterocycles.